The summed E-state index contributed by atoms with van der Waals surface area (Å²) in [6.07, 6.45) is 6.80. The van der Waals surface area contributed by atoms with E-state index >= 15 is 0 Å². The van der Waals surface area contributed by atoms with Gasteiger partial charge in [-0.05, 0) is 58.4 Å². The summed E-state index contributed by atoms with van der Waals surface area (Å²) >= 11 is 0. The lowest BCUT2D eigenvalue weighted by Gasteiger charge is -2.32. The third kappa shape index (κ3) is 7.84. The zero-order chi connectivity index (χ0) is 30.9. The zero-order valence-corrected chi connectivity index (χ0v) is 26.2. The fraction of sp³-hybridized carbons (Fsp3) is 0.471. The maximum absolute atomic E-state index is 12.9. The molecule has 5 rings (SSSR count). The number of carbonyl (C=O) groups is 1. The van der Waals surface area contributed by atoms with Crippen molar-refractivity contribution in [3.05, 3.63) is 65.9 Å². The number of rotatable bonds is 13. The van der Waals surface area contributed by atoms with Crippen LogP contribution in [0.3, 0.4) is 0 Å². The van der Waals surface area contributed by atoms with Crippen LogP contribution in [0, 0.1) is 11.3 Å². The first kappa shape index (κ1) is 31.2. The fourth-order valence-electron chi connectivity index (χ4n) is 5.97. The van der Waals surface area contributed by atoms with Crippen molar-refractivity contribution in [2.45, 2.75) is 38.3 Å². The number of aromatic nitrogens is 2. The van der Waals surface area contributed by atoms with Crippen LogP contribution < -0.4 is 15.0 Å². The maximum Gasteiger partial charge on any atom is 0.318 e. The van der Waals surface area contributed by atoms with Crippen molar-refractivity contribution in [2.24, 2.45) is 0 Å². The van der Waals surface area contributed by atoms with Crippen LogP contribution in [-0.4, -0.2) is 104 Å². The summed E-state index contributed by atoms with van der Waals surface area (Å²) in [5, 5.41) is 15.1. The Hall–Kier alpha value is -4.20. The highest BCUT2D eigenvalue weighted by molar-refractivity contribution is 5.94. The molecule has 0 aliphatic carbocycles. The van der Waals surface area contributed by atoms with Gasteiger partial charge >= 0.3 is 6.01 Å². The standard InChI is InChI=1S/C34H44N8O2/c1-39(2)19-8-15-32(43)41(21-9-17-35)23-18-36-33-29-16-22-42(31-14-6-11-26-10-4-5-13-28(26)31)24-30(29)37-34(38-33)44-25-27-12-7-20-40(27)3/h4-6,8,10-11,13-15,27H,7,9,12,16,18-25H2,1-3H3,(H,36,37,38)/b15-8+/t27-/m0/s1. The molecule has 0 unspecified atom stereocenters. The third-order valence-electron chi connectivity index (χ3n) is 8.44. The summed E-state index contributed by atoms with van der Waals surface area (Å²) in [5.74, 6) is 0.669. The highest BCUT2D eigenvalue weighted by Crippen LogP contribution is 2.33. The Morgan fingerprint density at radius 1 is 1.16 bits per heavy atom. The van der Waals surface area contributed by atoms with E-state index in [9.17, 15) is 4.79 Å². The van der Waals surface area contributed by atoms with E-state index in [0.717, 1.165) is 43.0 Å². The molecule has 2 aliphatic rings. The summed E-state index contributed by atoms with van der Waals surface area (Å²) < 4.78 is 6.22. The number of benzene rings is 2. The van der Waals surface area contributed by atoms with Gasteiger partial charge < -0.3 is 29.7 Å². The van der Waals surface area contributed by atoms with E-state index in [-0.39, 0.29) is 12.3 Å². The second kappa shape index (κ2) is 15.0. The van der Waals surface area contributed by atoms with Crippen LogP contribution >= 0.6 is 0 Å². The topological polar surface area (TPSA) is 101 Å². The van der Waals surface area contributed by atoms with Crippen LogP contribution in [0.15, 0.2) is 54.6 Å². The van der Waals surface area contributed by atoms with Gasteiger partial charge in [-0.2, -0.15) is 15.2 Å². The summed E-state index contributed by atoms with van der Waals surface area (Å²) in [6, 6.07) is 17.8. The van der Waals surface area contributed by atoms with Gasteiger partial charge in [-0.25, -0.2) is 0 Å². The first-order chi connectivity index (χ1) is 21.4. The average Bonchev–Trinajstić information content (AvgIpc) is 3.45. The van der Waals surface area contributed by atoms with Crippen molar-refractivity contribution < 1.29 is 9.53 Å². The number of likely N-dealkylation sites (N-methyl/N-ethyl adjacent to an activating group) is 2. The van der Waals surface area contributed by atoms with Crippen LogP contribution in [0.4, 0.5) is 11.5 Å². The second-order valence-electron chi connectivity index (χ2n) is 11.9. The number of hydrogen-bond acceptors (Lipinski definition) is 9. The van der Waals surface area contributed by atoms with E-state index in [1.54, 1.807) is 11.0 Å². The summed E-state index contributed by atoms with van der Waals surface area (Å²) in [4.78, 5) is 31.1. The van der Waals surface area contributed by atoms with E-state index in [0.29, 0.717) is 51.4 Å². The van der Waals surface area contributed by atoms with Crippen LogP contribution in [0.1, 0.15) is 30.5 Å². The first-order valence-corrected chi connectivity index (χ1v) is 15.6. The van der Waals surface area contributed by atoms with Crippen molar-refractivity contribution in [1.29, 1.82) is 5.26 Å². The minimum absolute atomic E-state index is 0.0935. The lowest BCUT2D eigenvalue weighted by molar-refractivity contribution is -0.125. The average molecular weight is 597 g/mol. The molecular weight excluding hydrogens is 552 g/mol. The number of nitrogens with zero attached hydrogens (tertiary/aromatic N) is 7. The molecule has 44 heavy (non-hydrogen) atoms. The van der Waals surface area contributed by atoms with Gasteiger partial charge in [0.1, 0.15) is 12.4 Å². The molecule has 2 aliphatic heterocycles. The smallest absolute Gasteiger partial charge is 0.318 e. The highest BCUT2D eigenvalue weighted by Gasteiger charge is 2.26. The highest BCUT2D eigenvalue weighted by atomic mass is 16.5. The fourth-order valence-corrected chi connectivity index (χ4v) is 5.97. The van der Waals surface area contributed by atoms with Crippen molar-refractivity contribution >= 4 is 28.2 Å². The summed E-state index contributed by atoms with van der Waals surface area (Å²) in [6.45, 7) is 5.15. The molecule has 1 atom stereocenters. The molecular formula is C34H44N8O2. The molecule has 1 saturated heterocycles. The SMILES string of the molecule is CN(C)C/C=C/C(=O)N(CCC#N)CCNc1nc(OC[C@@H]2CCCN2C)nc2c1CCN(c1cccc3ccccc13)C2. The lowest BCUT2D eigenvalue weighted by Crippen LogP contribution is -2.36. The van der Waals surface area contributed by atoms with Crippen LogP contribution in [0.25, 0.3) is 10.8 Å². The number of hydrogen-bond donors (Lipinski definition) is 1. The molecule has 1 aromatic heterocycles. The predicted molar refractivity (Wildman–Crippen MR) is 175 cm³/mol. The molecule has 1 amide bonds. The first-order valence-electron chi connectivity index (χ1n) is 15.6. The number of ether oxygens (including phenoxy) is 1. The van der Waals surface area contributed by atoms with Crippen LogP contribution in [-0.2, 0) is 17.8 Å². The minimum Gasteiger partial charge on any atom is -0.462 e. The van der Waals surface area contributed by atoms with Gasteiger partial charge in [0, 0.05) is 61.5 Å². The Labute approximate surface area is 260 Å². The molecule has 0 saturated carbocycles. The normalized spacial score (nSPS) is 16.8. The van der Waals surface area contributed by atoms with Crippen LogP contribution in [0.5, 0.6) is 6.01 Å². The number of nitrogens with one attached hydrogen (secondary N) is 1. The number of likely N-dealkylation sites (tertiary alicyclic amines) is 1. The molecule has 10 heteroatoms. The monoisotopic (exact) mass is 596 g/mol. The molecule has 1 fully saturated rings. The van der Waals surface area contributed by atoms with Gasteiger partial charge in [0.2, 0.25) is 5.91 Å². The summed E-state index contributed by atoms with van der Waals surface area (Å²) in [7, 11) is 6.05. The van der Waals surface area contributed by atoms with Crippen LogP contribution in [0.2, 0.25) is 0 Å². The number of anilines is 2. The van der Waals surface area contributed by atoms with E-state index in [2.05, 4.69) is 70.7 Å². The van der Waals surface area contributed by atoms with E-state index in [4.69, 9.17) is 20.0 Å². The second-order valence-corrected chi connectivity index (χ2v) is 11.9. The Balaban J connectivity index is 1.34. The van der Waals surface area contributed by atoms with Crippen molar-refractivity contribution in [2.75, 3.05) is 77.2 Å². The Morgan fingerprint density at radius 3 is 2.80 bits per heavy atom. The number of amides is 1. The predicted octanol–water partition coefficient (Wildman–Crippen LogP) is 3.94. The van der Waals surface area contributed by atoms with Gasteiger partial charge in [-0.3, -0.25) is 4.79 Å². The maximum atomic E-state index is 12.9. The molecule has 0 bridgehead atoms. The van der Waals surface area contributed by atoms with Gasteiger partial charge in [-0.1, -0.05) is 42.5 Å². The Kier molecular flexibility index (Phi) is 10.6. The van der Waals surface area contributed by atoms with Crippen molar-refractivity contribution in [1.82, 2.24) is 24.7 Å². The van der Waals surface area contributed by atoms with Gasteiger partial charge in [0.15, 0.2) is 0 Å². The van der Waals surface area contributed by atoms with E-state index in [1.807, 2.05) is 25.1 Å². The quantitative estimate of drug-likeness (QED) is 0.294. The molecule has 2 aromatic carbocycles. The molecule has 0 radical (unpaired) electrons. The Morgan fingerprint density at radius 2 is 2.00 bits per heavy atom. The van der Waals surface area contributed by atoms with E-state index in [1.165, 1.54) is 22.9 Å². The van der Waals surface area contributed by atoms with Gasteiger partial charge in [0.05, 0.1) is 24.7 Å². The molecule has 0 spiro atoms. The summed E-state index contributed by atoms with van der Waals surface area (Å²) in [5.41, 5.74) is 3.25. The third-order valence-corrected chi connectivity index (χ3v) is 8.44. The lowest BCUT2D eigenvalue weighted by atomic mass is 10.0. The molecule has 1 N–H and O–H groups in total. The van der Waals surface area contributed by atoms with Gasteiger partial charge in [0.25, 0.3) is 0 Å². The minimum atomic E-state index is -0.0935. The molecule has 3 heterocycles. The number of nitriles is 1. The van der Waals surface area contributed by atoms with Crippen molar-refractivity contribution in [3.8, 4) is 12.1 Å². The number of fused-ring (bicyclic) bond motifs is 2. The van der Waals surface area contributed by atoms with Gasteiger partial charge in [-0.15, -0.1) is 0 Å². The number of carbonyl (C=O) groups excluding carboxylic acids is 1. The van der Waals surface area contributed by atoms with Crippen molar-refractivity contribution in [3.63, 3.8) is 0 Å². The zero-order valence-electron chi connectivity index (χ0n) is 26.2. The molecule has 10 nitrogen and oxygen atoms in total. The Bertz CT molecular complexity index is 1500. The van der Waals surface area contributed by atoms with E-state index < -0.39 is 0 Å². The molecule has 232 valence electrons. The molecule has 3 aromatic rings. The largest absolute Gasteiger partial charge is 0.462 e.